The number of benzene rings is 1. The van der Waals surface area contributed by atoms with Crippen molar-refractivity contribution < 1.29 is 4.74 Å². The van der Waals surface area contributed by atoms with E-state index in [1.54, 1.807) is 25.4 Å². The van der Waals surface area contributed by atoms with Gasteiger partial charge in [-0.3, -0.25) is 0 Å². The SMILES string of the molecule is COc1cccc(Cl)c1CNc1ccc(C#N)nc1. The Labute approximate surface area is 116 Å². The smallest absolute Gasteiger partial charge is 0.140 e. The number of methoxy groups -OCH3 is 1. The first-order chi connectivity index (χ1) is 9.24. The summed E-state index contributed by atoms with van der Waals surface area (Å²) in [6.07, 6.45) is 1.61. The number of rotatable bonds is 4. The van der Waals surface area contributed by atoms with Crippen LogP contribution in [-0.2, 0) is 6.54 Å². The van der Waals surface area contributed by atoms with E-state index in [2.05, 4.69) is 10.3 Å². The predicted octanol–water partition coefficient (Wildman–Crippen LogP) is 3.23. The molecule has 0 saturated carbocycles. The number of halogens is 1. The summed E-state index contributed by atoms with van der Waals surface area (Å²) >= 11 is 6.14. The van der Waals surface area contributed by atoms with E-state index in [1.165, 1.54) is 0 Å². The van der Waals surface area contributed by atoms with Crippen LogP contribution in [0.4, 0.5) is 5.69 Å². The van der Waals surface area contributed by atoms with Gasteiger partial charge in [0.05, 0.1) is 19.0 Å². The summed E-state index contributed by atoms with van der Waals surface area (Å²) in [5, 5.41) is 12.5. The van der Waals surface area contributed by atoms with Crippen molar-refractivity contribution in [1.29, 1.82) is 5.26 Å². The molecule has 0 unspecified atom stereocenters. The van der Waals surface area contributed by atoms with Crippen LogP contribution in [0, 0.1) is 11.3 Å². The Kier molecular flexibility index (Phi) is 4.22. The molecular weight excluding hydrogens is 262 g/mol. The highest BCUT2D eigenvalue weighted by Crippen LogP contribution is 2.26. The van der Waals surface area contributed by atoms with Gasteiger partial charge < -0.3 is 10.1 Å². The van der Waals surface area contributed by atoms with Gasteiger partial charge in [0, 0.05) is 17.1 Å². The van der Waals surface area contributed by atoms with Crippen molar-refractivity contribution >= 4 is 17.3 Å². The molecule has 1 aromatic carbocycles. The zero-order chi connectivity index (χ0) is 13.7. The second-order valence-corrected chi connectivity index (χ2v) is 4.23. The van der Waals surface area contributed by atoms with Gasteiger partial charge in [0.25, 0.3) is 0 Å². The van der Waals surface area contributed by atoms with Gasteiger partial charge in [-0.1, -0.05) is 17.7 Å². The van der Waals surface area contributed by atoms with Gasteiger partial charge in [0.2, 0.25) is 0 Å². The van der Waals surface area contributed by atoms with Gasteiger partial charge >= 0.3 is 0 Å². The number of hydrogen-bond donors (Lipinski definition) is 1. The molecule has 1 heterocycles. The summed E-state index contributed by atoms with van der Waals surface area (Å²) < 4.78 is 5.27. The van der Waals surface area contributed by atoms with Crippen molar-refractivity contribution in [2.45, 2.75) is 6.54 Å². The molecule has 0 atom stereocenters. The Hall–Kier alpha value is -2.25. The third kappa shape index (κ3) is 3.15. The normalized spacial score (nSPS) is 9.74. The standard InChI is InChI=1S/C14H12ClN3O/c1-19-14-4-2-3-13(15)12(14)9-18-11-6-5-10(7-16)17-8-11/h2-6,8,18H,9H2,1H3. The van der Waals surface area contributed by atoms with Crippen LogP contribution in [0.5, 0.6) is 5.75 Å². The highest BCUT2D eigenvalue weighted by atomic mass is 35.5. The minimum atomic E-state index is 0.390. The van der Waals surface area contributed by atoms with Gasteiger partial charge in [-0.15, -0.1) is 0 Å². The van der Waals surface area contributed by atoms with Gasteiger partial charge in [-0.05, 0) is 24.3 Å². The summed E-state index contributed by atoms with van der Waals surface area (Å²) in [4.78, 5) is 3.99. The molecular formula is C14H12ClN3O. The van der Waals surface area contributed by atoms with E-state index in [4.69, 9.17) is 21.6 Å². The average molecular weight is 274 g/mol. The van der Waals surface area contributed by atoms with Crippen LogP contribution in [-0.4, -0.2) is 12.1 Å². The van der Waals surface area contributed by atoms with Crippen molar-refractivity contribution in [3.05, 3.63) is 52.8 Å². The first kappa shape index (κ1) is 13.2. The molecule has 0 spiro atoms. The van der Waals surface area contributed by atoms with Crippen LogP contribution >= 0.6 is 11.6 Å². The number of nitriles is 1. The second-order valence-electron chi connectivity index (χ2n) is 3.82. The molecule has 0 aliphatic carbocycles. The lowest BCUT2D eigenvalue weighted by molar-refractivity contribution is 0.410. The molecule has 0 bridgehead atoms. The third-order valence-corrected chi connectivity index (χ3v) is 3.00. The summed E-state index contributed by atoms with van der Waals surface area (Å²) in [5.74, 6) is 0.738. The Balaban J connectivity index is 2.12. The Morgan fingerprint density at radius 1 is 1.37 bits per heavy atom. The Bertz CT molecular complexity index is 605. The first-order valence-corrected chi connectivity index (χ1v) is 6.04. The van der Waals surface area contributed by atoms with E-state index in [0.717, 1.165) is 17.0 Å². The maximum atomic E-state index is 8.67. The number of aromatic nitrogens is 1. The van der Waals surface area contributed by atoms with Crippen molar-refractivity contribution in [1.82, 2.24) is 4.98 Å². The van der Waals surface area contributed by atoms with E-state index in [-0.39, 0.29) is 0 Å². The number of pyridine rings is 1. The zero-order valence-corrected chi connectivity index (χ0v) is 11.1. The number of nitrogens with one attached hydrogen (secondary N) is 1. The maximum absolute atomic E-state index is 8.67. The molecule has 96 valence electrons. The van der Waals surface area contributed by atoms with E-state index in [9.17, 15) is 0 Å². The molecule has 5 heteroatoms. The number of hydrogen-bond acceptors (Lipinski definition) is 4. The van der Waals surface area contributed by atoms with E-state index >= 15 is 0 Å². The molecule has 4 nitrogen and oxygen atoms in total. The van der Waals surface area contributed by atoms with Crippen LogP contribution in [0.3, 0.4) is 0 Å². The zero-order valence-electron chi connectivity index (χ0n) is 10.4. The van der Waals surface area contributed by atoms with Crippen LogP contribution in [0.15, 0.2) is 36.5 Å². The fraction of sp³-hybridized carbons (Fsp3) is 0.143. The maximum Gasteiger partial charge on any atom is 0.140 e. The summed E-state index contributed by atoms with van der Waals surface area (Å²) in [6.45, 7) is 0.524. The topological polar surface area (TPSA) is 57.9 Å². The fourth-order valence-electron chi connectivity index (χ4n) is 1.66. The van der Waals surface area contributed by atoms with Crippen LogP contribution < -0.4 is 10.1 Å². The van der Waals surface area contributed by atoms with Gasteiger partial charge in [-0.2, -0.15) is 5.26 Å². The first-order valence-electron chi connectivity index (χ1n) is 5.66. The minimum absolute atomic E-state index is 0.390. The molecule has 2 rings (SSSR count). The van der Waals surface area contributed by atoms with Crippen LogP contribution in [0.2, 0.25) is 5.02 Å². The number of ether oxygens (including phenoxy) is 1. The van der Waals surface area contributed by atoms with E-state index in [1.807, 2.05) is 24.3 Å². The third-order valence-electron chi connectivity index (χ3n) is 2.64. The molecule has 0 amide bonds. The lowest BCUT2D eigenvalue weighted by Gasteiger charge is -2.11. The lowest BCUT2D eigenvalue weighted by atomic mass is 10.2. The van der Waals surface area contributed by atoms with Crippen molar-refractivity contribution in [3.8, 4) is 11.8 Å². The Morgan fingerprint density at radius 3 is 2.84 bits per heavy atom. The molecule has 1 aromatic heterocycles. The van der Waals surface area contributed by atoms with Gasteiger partial charge in [0.1, 0.15) is 17.5 Å². The molecule has 0 fully saturated rings. The molecule has 0 aliphatic heterocycles. The van der Waals surface area contributed by atoms with Crippen LogP contribution in [0.1, 0.15) is 11.3 Å². The molecule has 0 aliphatic rings. The average Bonchev–Trinajstić information content (AvgIpc) is 2.46. The van der Waals surface area contributed by atoms with Crippen molar-refractivity contribution in [2.75, 3.05) is 12.4 Å². The van der Waals surface area contributed by atoms with Gasteiger partial charge in [0.15, 0.2) is 0 Å². The fourth-order valence-corrected chi connectivity index (χ4v) is 1.89. The predicted molar refractivity (Wildman–Crippen MR) is 74.3 cm³/mol. The molecule has 1 N–H and O–H groups in total. The molecule has 19 heavy (non-hydrogen) atoms. The summed E-state index contributed by atoms with van der Waals surface area (Å²) in [7, 11) is 1.61. The number of nitrogens with zero attached hydrogens (tertiary/aromatic N) is 2. The monoisotopic (exact) mass is 273 g/mol. The molecule has 2 aromatic rings. The highest BCUT2D eigenvalue weighted by molar-refractivity contribution is 6.31. The number of anilines is 1. The lowest BCUT2D eigenvalue weighted by Crippen LogP contribution is -2.03. The van der Waals surface area contributed by atoms with E-state index < -0.39 is 0 Å². The minimum Gasteiger partial charge on any atom is -0.496 e. The second kappa shape index (κ2) is 6.07. The van der Waals surface area contributed by atoms with Gasteiger partial charge in [-0.25, -0.2) is 4.98 Å². The highest BCUT2D eigenvalue weighted by Gasteiger charge is 2.07. The molecule has 0 radical (unpaired) electrons. The van der Waals surface area contributed by atoms with Crippen molar-refractivity contribution in [3.63, 3.8) is 0 Å². The van der Waals surface area contributed by atoms with Crippen molar-refractivity contribution in [2.24, 2.45) is 0 Å². The van der Waals surface area contributed by atoms with E-state index in [0.29, 0.717) is 17.3 Å². The summed E-state index contributed by atoms with van der Waals surface area (Å²) in [5.41, 5.74) is 2.10. The Morgan fingerprint density at radius 2 is 2.21 bits per heavy atom. The largest absolute Gasteiger partial charge is 0.496 e. The quantitative estimate of drug-likeness (QED) is 0.929. The summed E-state index contributed by atoms with van der Waals surface area (Å²) in [6, 6.07) is 11.0. The van der Waals surface area contributed by atoms with Crippen LogP contribution in [0.25, 0.3) is 0 Å². The molecule has 0 saturated heterocycles.